The maximum atomic E-state index is 11.8. The fourth-order valence-corrected chi connectivity index (χ4v) is 2.56. The van der Waals surface area contributed by atoms with Crippen LogP contribution in [0, 0.1) is 0 Å². The summed E-state index contributed by atoms with van der Waals surface area (Å²) in [5, 5.41) is 5.94. The van der Waals surface area contributed by atoms with Crippen LogP contribution >= 0.6 is 0 Å². The largest absolute Gasteiger partial charge is 0.467 e. The first-order chi connectivity index (χ1) is 11.7. The number of anilines is 2. The molecule has 122 valence electrons. The van der Waals surface area contributed by atoms with Gasteiger partial charge in [0.05, 0.1) is 12.8 Å². The maximum Gasteiger partial charge on any atom is 0.253 e. The molecule has 3 aromatic rings. The molecule has 1 aromatic heterocycles. The van der Waals surface area contributed by atoms with Gasteiger partial charge in [-0.2, -0.15) is 0 Å². The van der Waals surface area contributed by atoms with Gasteiger partial charge in [0.15, 0.2) is 11.5 Å². The van der Waals surface area contributed by atoms with E-state index in [-0.39, 0.29) is 12.5 Å². The van der Waals surface area contributed by atoms with Crippen LogP contribution in [-0.2, 0) is 13.1 Å². The number of ether oxygens (including phenoxy) is 2. The van der Waals surface area contributed by atoms with E-state index >= 15 is 0 Å². The summed E-state index contributed by atoms with van der Waals surface area (Å²) in [6.07, 6.45) is 1.55. The zero-order chi connectivity index (χ0) is 16.5. The zero-order valence-corrected chi connectivity index (χ0v) is 12.6. The third-order valence-electron chi connectivity index (χ3n) is 3.84. The molecule has 0 atom stereocenters. The molecular formula is C17H14N2O5. The Labute approximate surface area is 136 Å². The van der Waals surface area contributed by atoms with Crippen LogP contribution in [0.4, 0.5) is 11.4 Å². The van der Waals surface area contributed by atoms with Crippen LogP contribution in [0.2, 0.25) is 0 Å². The van der Waals surface area contributed by atoms with E-state index in [1.165, 1.54) is 0 Å². The molecule has 1 aliphatic heterocycles. The summed E-state index contributed by atoms with van der Waals surface area (Å²) >= 11 is 0. The Morgan fingerprint density at radius 3 is 2.42 bits per heavy atom. The normalized spacial score (nSPS) is 12.5. The number of benzene rings is 1. The van der Waals surface area contributed by atoms with Crippen molar-refractivity contribution in [3.63, 3.8) is 0 Å². The minimum absolute atomic E-state index is 0.213. The van der Waals surface area contributed by atoms with E-state index in [1.807, 2.05) is 18.2 Å². The Morgan fingerprint density at radius 1 is 0.917 bits per heavy atom. The molecule has 24 heavy (non-hydrogen) atoms. The highest BCUT2D eigenvalue weighted by molar-refractivity contribution is 5.74. The molecule has 0 unspecified atom stereocenters. The number of rotatable bonds is 6. The molecule has 0 fully saturated rings. The Balaban J connectivity index is 1.44. The van der Waals surface area contributed by atoms with E-state index < -0.39 is 10.9 Å². The molecule has 0 saturated heterocycles. The van der Waals surface area contributed by atoms with Gasteiger partial charge in [0.1, 0.15) is 17.1 Å². The summed E-state index contributed by atoms with van der Waals surface area (Å²) in [5.74, 6) is 2.06. The number of nitrogens with one attached hydrogen (secondary N) is 2. The summed E-state index contributed by atoms with van der Waals surface area (Å²) < 4.78 is 15.8. The molecule has 1 aliphatic rings. The van der Waals surface area contributed by atoms with Crippen LogP contribution in [-0.4, -0.2) is 6.79 Å². The summed E-state index contributed by atoms with van der Waals surface area (Å²) in [6.45, 7) is 0.957. The number of hydrogen-bond acceptors (Lipinski definition) is 7. The smallest absolute Gasteiger partial charge is 0.253 e. The Hall–Kier alpha value is -3.22. The average Bonchev–Trinajstić information content (AvgIpc) is 3.27. The lowest BCUT2D eigenvalue weighted by Gasteiger charge is -2.14. The lowest BCUT2D eigenvalue weighted by atomic mass is 10.1. The van der Waals surface area contributed by atoms with Crippen LogP contribution in [0.15, 0.2) is 50.6 Å². The van der Waals surface area contributed by atoms with Gasteiger partial charge in [-0.25, -0.2) is 0 Å². The molecule has 0 bridgehead atoms. The van der Waals surface area contributed by atoms with Crippen LogP contribution < -0.4 is 31.0 Å². The number of hydrogen-bond donors (Lipinski definition) is 2. The van der Waals surface area contributed by atoms with Gasteiger partial charge in [-0.05, 0) is 29.8 Å². The van der Waals surface area contributed by atoms with E-state index in [0.29, 0.717) is 36.0 Å². The van der Waals surface area contributed by atoms with Gasteiger partial charge in [-0.3, -0.25) is 9.59 Å². The van der Waals surface area contributed by atoms with Crippen LogP contribution in [0.1, 0.15) is 11.3 Å². The second-order valence-electron chi connectivity index (χ2n) is 5.38. The summed E-state index contributed by atoms with van der Waals surface area (Å²) in [7, 11) is 0. The quantitative estimate of drug-likeness (QED) is 0.668. The predicted octanol–water partition coefficient (Wildman–Crippen LogP) is 1.83. The molecule has 0 amide bonds. The highest BCUT2D eigenvalue weighted by Gasteiger charge is 2.21. The molecule has 0 radical (unpaired) electrons. The highest BCUT2D eigenvalue weighted by atomic mass is 16.7. The van der Waals surface area contributed by atoms with Gasteiger partial charge in [0.2, 0.25) is 6.79 Å². The van der Waals surface area contributed by atoms with E-state index in [2.05, 4.69) is 10.6 Å². The van der Waals surface area contributed by atoms with Crippen LogP contribution in [0.5, 0.6) is 11.5 Å². The van der Waals surface area contributed by atoms with Crippen molar-refractivity contribution in [2.45, 2.75) is 13.1 Å². The molecule has 2 N–H and O–H groups in total. The molecule has 0 spiro atoms. The Morgan fingerprint density at radius 2 is 1.67 bits per heavy atom. The third kappa shape index (κ3) is 2.50. The van der Waals surface area contributed by atoms with Gasteiger partial charge >= 0.3 is 0 Å². The average molecular weight is 326 g/mol. The number of fused-ring (bicyclic) bond motifs is 1. The Bertz CT molecular complexity index is 939. The standard InChI is InChI=1S/C17H14N2O5/c20-16-14(15(17(16)21)19-8-11-2-1-5-22-11)18-7-10-3-4-12-13(6-10)24-9-23-12/h1-6,18-19H,7-9H2. The third-order valence-corrected chi connectivity index (χ3v) is 3.84. The van der Waals surface area contributed by atoms with Gasteiger partial charge in [-0.1, -0.05) is 6.07 Å². The lowest BCUT2D eigenvalue weighted by molar-refractivity contribution is 0.174. The fourth-order valence-electron chi connectivity index (χ4n) is 2.56. The van der Waals surface area contributed by atoms with Crippen molar-refractivity contribution in [2.75, 3.05) is 17.4 Å². The van der Waals surface area contributed by atoms with Crippen molar-refractivity contribution < 1.29 is 13.9 Å². The second kappa shape index (κ2) is 5.77. The van der Waals surface area contributed by atoms with Crippen molar-refractivity contribution in [2.24, 2.45) is 0 Å². The fraction of sp³-hybridized carbons (Fsp3) is 0.176. The second-order valence-corrected chi connectivity index (χ2v) is 5.38. The first-order valence-electron chi connectivity index (χ1n) is 7.44. The first kappa shape index (κ1) is 14.4. The van der Waals surface area contributed by atoms with Crippen LogP contribution in [0.3, 0.4) is 0 Å². The van der Waals surface area contributed by atoms with E-state index in [4.69, 9.17) is 13.9 Å². The van der Waals surface area contributed by atoms with Crippen LogP contribution in [0.25, 0.3) is 0 Å². The SMILES string of the molecule is O=c1c(NCc2ccc3c(c2)OCO3)c(NCc2ccco2)c1=O. The van der Waals surface area contributed by atoms with E-state index in [9.17, 15) is 9.59 Å². The van der Waals surface area contributed by atoms with E-state index in [0.717, 1.165) is 5.56 Å². The molecule has 0 saturated carbocycles. The molecule has 4 rings (SSSR count). The lowest BCUT2D eigenvalue weighted by Crippen LogP contribution is -2.37. The van der Waals surface area contributed by atoms with Gasteiger partial charge < -0.3 is 24.5 Å². The predicted molar refractivity (Wildman–Crippen MR) is 87.3 cm³/mol. The topological polar surface area (TPSA) is 89.8 Å². The van der Waals surface area contributed by atoms with Crippen molar-refractivity contribution in [1.29, 1.82) is 0 Å². The maximum absolute atomic E-state index is 11.8. The molecule has 2 aromatic carbocycles. The van der Waals surface area contributed by atoms with Gasteiger partial charge in [0, 0.05) is 6.54 Å². The highest BCUT2D eigenvalue weighted by Crippen LogP contribution is 2.32. The minimum atomic E-state index is -0.519. The Kier molecular flexibility index (Phi) is 3.45. The van der Waals surface area contributed by atoms with Gasteiger partial charge in [-0.15, -0.1) is 0 Å². The van der Waals surface area contributed by atoms with Crippen molar-refractivity contribution in [3.05, 3.63) is 68.4 Å². The van der Waals surface area contributed by atoms with Crippen molar-refractivity contribution in [3.8, 4) is 11.5 Å². The summed E-state index contributed by atoms with van der Waals surface area (Å²) in [6, 6.07) is 9.09. The minimum Gasteiger partial charge on any atom is -0.467 e. The summed E-state index contributed by atoms with van der Waals surface area (Å²) in [4.78, 5) is 23.5. The van der Waals surface area contributed by atoms with Crippen molar-refractivity contribution in [1.82, 2.24) is 0 Å². The van der Waals surface area contributed by atoms with E-state index in [1.54, 1.807) is 18.4 Å². The van der Waals surface area contributed by atoms with Crippen molar-refractivity contribution >= 4 is 11.4 Å². The molecular weight excluding hydrogens is 312 g/mol. The number of furan rings is 1. The zero-order valence-electron chi connectivity index (χ0n) is 12.6. The molecule has 7 heteroatoms. The van der Waals surface area contributed by atoms with Gasteiger partial charge in [0.25, 0.3) is 10.9 Å². The first-order valence-corrected chi connectivity index (χ1v) is 7.44. The monoisotopic (exact) mass is 326 g/mol. The summed E-state index contributed by atoms with van der Waals surface area (Å²) in [5.41, 5.74) is 0.470. The molecule has 0 aliphatic carbocycles. The molecule has 7 nitrogen and oxygen atoms in total. The molecule has 2 heterocycles.